The van der Waals surface area contributed by atoms with Gasteiger partial charge in [-0.3, -0.25) is 9.78 Å². The zero-order valence-corrected chi connectivity index (χ0v) is 11.5. The van der Waals surface area contributed by atoms with Gasteiger partial charge in [-0.15, -0.1) is 0 Å². The molecule has 1 aliphatic rings. The van der Waals surface area contributed by atoms with Gasteiger partial charge in [-0.2, -0.15) is 0 Å². The van der Waals surface area contributed by atoms with E-state index in [2.05, 4.69) is 24.1 Å². The Kier molecular flexibility index (Phi) is 3.66. The van der Waals surface area contributed by atoms with Crippen LogP contribution in [0.15, 0.2) is 12.1 Å². The Morgan fingerprint density at radius 2 is 1.89 bits per heavy atom. The molecule has 1 fully saturated rings. The zero-order chi connectivity index (χ0) is 13.3. The van der Waals surface area contributed by atoms with Crippen molar-refractivity contribution in [3.8, 4) is 0 Å². The third-order valence-corrected chi connectivity index (χ3v) is 3.52. The van der Waals surface area contributed by atoms with E-state index in [4.69, 9.17) is 0 Å². The van der Waals surface area contributed by atoms with Gasteiger partial charge in [0.05, 0.1) is 11.3 Å². The Bertz CT molecular complexity index is 448. The molecule has 1 N–H and O–H groups in total. The first kappa shape index (κ1) is 13.0. The number of rotatable bonds is 1. The van der Waals surface area contributed by atoms with Gasteiger partial charge < -0.3 is 10.2 Å². The van der Waals surface area contributed by atoms with Crippen molar-refractivity contribution in [1.82, 2.24) is 15.2 Å². The molecule has 2 heterocycles. The smallest absolute Gasteiger partial charge is 0.256 e. The summed E-state index contributed by atoms with van der Waals surface area (Å²) < 4.78 is 0. The fraction of sp³-hybridized carbons (Fsp3) is 0.571. The minimum Gasteiger partial charge on any atom is -0.331 e. The minimum atomic E-state index is 0.0986. The van der Waals surface area contributed by atoms with Crippen LogP contribution in [0.25, 0.3) is 0 Å². The monoisotopic (exact) mass is 247 g/mol. The lowest BCUT2D eigenvalue weighted by Gasteiger charge is -2.39. The third kappa shape index (κ3) is 2.38. The number of pyridine rings is 1. The summed E-state index contributed by atoms with van der Waals surface area (Å²) in [6.45, 7) is 9.72. The summed E-state index contributed by atoms with van der Waals surface area (Å²) in [5, 5.41) is 3.33. The maximum absolute atomic E-state index is 12.6. The summed E-state index contributed by atoms with van der Waals surface area (Å²) in [6, 6.07) is 4.24. The van der Waals surface area contributed by atoms with Gasteiger partial charge in [0.25, 0.3) is 5.91 Å². The molecule has 0 aromatic carbocycles. The van der Waals surface area contributed by atoms with Crippen molar-refractivity contribution in [2.75, 3.05) is 13.1 Å². The number of aromatic nitrogens is 1. The van der Waals surface area contributed by atoms with Crippen LogP contribution in [0.3, 0.4) is 0 Å². The number of hydrogen-bond donors (Lipinski definition) is 1. The molecule has 0 spiro atoms. The van der Waals surface area contributed by atoms with Crippen LogP contribution in [0.1, 0.15) is 35.6 Å². The summed E-state index contributed by atoms with van der Waals surface area (Å²) >= 11 is 0. The summed E-state index contributed by atoms with van der Waals surface area (Å²) in [5.41, 5.74) is 2.49. The van der Waals surface area contributed by atoms with E-state index in [1.807, 2.05) is 30.9 Å². The molecule has 4 heteroatoms. The number of nitrogens with zero attached hydrogens (tertiary/aromatic N) is 2. The molecule has 0 aliphatic carbocycles. The highest BCUT2D eigenvalue weighted by Gasteiger charge is 2.30. The Hall–Kier alpha value is -1.42. The summed E-state index contributed by atoms with van der Waals surface area (Å²) in [4.78, 5) is 19.0. The van der Waals surface area contributed by atoms with Gasteiger partial charge in [-0.1, -0.05) is 0 Å². The highest BCUT2D eigenvalue weighted by atomic mass is 16.2. The molecule has 0 bridgehead atoms. The van der Waals surface area contributed by atoms with Gasteiger partial charge >= 0.3 is 0 Å². The maximum Gasteiger partial charge on any atom is 0.256 e. The van der Waals surface area contributed by atoms with Crippen molar-refractivity contribution < 1.29 is 4.79 Å². The number of piperazine rings is 1. The van der Waals surface area contributed by atoms with Crippen molar-refractivity contribution in [2.45, 2.75) is 39.8 Å². The van der Waals surface area contributed by atoms with Gasteiger partial charge in [-0.05, 0) is 39.8 Å². The van der Waals surface area contributed by atoms with Crippen LogP contribution < -0.4 is 5.32 Å². The van der Waals surface area contributed by atoms with Crippen LogP contribution in [-0.4, -0.2) is 41.0 Å². The lowest BCUT2D eigenvalue weighted by molar-refractivity contribution is 0.0543. The molecule has 1 amide bonds. The molecule has 18 heavy (non-hydrogen) atoms. The number of carbonyl (C=O) groups is 1. The second-order valence-corrected chi connectivity index (χ2v) is 5.15. The van der Waals surface area contributed by atoms with Crippen LogP contribution in [0.5, 0.6) is 0 Å². The third-order valence-electron chi connectivity index (χ3n) is 3.52. The Morgan fingerprint density at radius 3 is 2.44 bits per heavy atom. The number of amides is 1. The molecule has 1 aromatic rings. The van der Waals surface area contributed by atoms with E-state index in [1.54, 1.807) is 0 Å². The maximum atomic E-state index is 12.6. The molecular weight excluding hydrogens is 226 g/mol. The molecule has 2 rings (SSSR count). The average molecular weight is 247 g/mol. The van der Waals surface area contributed by atoms with E-state index in [1.165, 1.54) is 0 Å². The van der Waals surface area contributed by atoms with E-state index >= 15 is 0 Å². The highest BCUT2D eigenvalue weighted by Crippen LogP contribution is 2.17. The molecule has 2 unspecified atom stereocenters. The summed E-state index contributed by atoms with van der Waals surface area (Å²) in [6.07, 6.45) is 0. The number of nitrogens with one attached hydrogen (secondary N) is 1. The zero-order valence-electron chi connectivity index (χ0n) is 11.5. The molecule has 4 nitrogen and oxygen atoms in total. The van der Waals surface area contributed by atoms with Crippen molar-refractivity contribution in [3.05, 3.63) is 29.1 Å². The summed E-state index contributed by atoms with van der Waals surface area (Å²) in [5.74, 6) is 0.0986. The molecular formula is C14H21N3O. The largest absolute Gasteiger partial charge is 0.331 e. The first-order chi connectivity index (χ1) is 8.50. The van der Waals surface area contributed by atoms with Gasteiger partial charge in [0.15, 0.2) is 0 Å². The predicted molar refractivity (Wildman–Crippen MR) is 71.7 cm³/mol. The molecule has 0 saturated carbocycles. The SMILES string of the molecule is Cc1ccc(C(=O)N2C(C)CNCC2C)c(C)n1. The number of hydrogen-bond acceptors (Lipinski definition) is 3. The van der Waals surface area contributed by atoms with Gasteiger partial charge in [0.1, 0.15) is 0 Å². The average Bonchev–Trinajstić information content (AvgIpc) is 2.28. The predicted octanol–water partition coefficient (Wildman–Crippen LogP) is 1.52. The minimum absolute atomic E-state index is 0.0986. The Labute approximate surface area is 108 Å². The van der Waals surface area contributed by atoms with Gasteiger partial charge in [-0.25, -0.2) is 0 Å². The second-order valence-electron chi connectivity index (χ2n) is 5.15. The first-order valence-electron chi connectivity index (χ1n) is 6.48. The van der Waals surface area contributed by atoms with E-state index in [-0.39, 0.29) is 18.0 Å². The first-order valence-corrected chi connectivity index (χ1v) is 6.48. The van der Waals surface area contributed by atoms with Gasteiger partial charge in [0, 0.05) is 30.9 Å². The van der Waals surface area contributed by atoms with Crippen LogP contribution >= 0.6 is 0 Å². The van der Waals surface area contributed by atoms with Crippen LogP contribution in [0, 0.1) is 13.8 Å². The number of carbonyl (C=O) groups excluding carboxylic acids is 1. The van der Waals surface area contributed by atoms with Crippen LogP contribution in [0.2, 0.25) is 0 Å². The van der Waals surface area contributed by atoms with E-state index < -0.39 is 0 Å². The standard InChI is InChI=1S/C14H21N3O/c1-9-5-6-13(12(4)16-9)14(18)17-10(2)7-15-8-11(17)3/h5-6,10-11,15H,7-8H2,1-4H3. The summed E-state index contributed by atoms with van der Waals surface area (Å²) in [7, 11) is 0. The lowest BCUT2D eigenvalue weighted by atomic mass is 10.1. The van der Waals surface area contributed by atoms with Crippen molar-refractivity contribution in [1.29, 1.82) is 0 Å². The van der Waals surface area contributed by atoms with Crippen molar-refractivity contribution in [2.24, 2.45) is 0 Å². The second kappa shape index (κ2) is 5.06. The lowest BCUT2D eigenvalue weighted by Crippen LogP contribution is -2.57. The molecule has 1 saturated heterocycles. The van der Waals surface area contributed by atoms with Crippen molar-refractivity contribution >= 4 is 5.91 Å². The van der Waals surface area contributed by atoms with Crippen LogP contribution in [0.4, 0.5) is 0 Å². The topological polar surface area (TPSA) is 45.2 Å². The fourth-order valence-electron chi connectivity index (χ4n) is 2.58. The molecule has 2 atom stereocenters. The van der Waals surface area contributed by atoms with E-state index in [0.29, 0.717) is 0 Å². The quantitative estimate of drug-likeness (QED) is 0.818. The van der Waals surface area contributed by atoms with Gasteiger partial charge in [0.2, 0.25) is 0 Å². The molecule has 0 radical (unpaired) electrons. The Balaban J connectivity index is 2.29. The fourth-order valence-corrected chi connectivity index (χ4v) is 2.58. The molecule has 98 valence electrons. The normalized spacial score (nSPS) is 24.1. The molecule has 1 aliphatic heterocycles. The van der Waals surface area contributed by atoms with Crippen LogP contribution in [-0.2, 0) is 0 Å². The van der Waals surface area contributed by atoms with E-state index in [0.717, 1.165) is 30.0 Å². The highest BCUT2D eigenvalue weighted by molar-refractivity contribution is 5.95. The van der Waals surface area contributed by atoms with Crippen molar-refractivity contribution in [3.63, 3.8) is 0 Å². The van der Waals surface area contributed by atoms with E-state index in [9.17, 15) is 4.79 Å². The number of aryl methyl sites for hydroxylation is 2. The molecule has 1 aromatic heterocycles. The Morgan fingerprint density at radius 1 is 1.28 bits per heavy atom.